The Balaban J connectivity index is 1.90. The van der Waals surface area contributed by atoms with E-state index in [4.69, 9.17) is 23.9 Å². The minimum Gasteiger partial charge on any atom is -0.493 e. The van der Waals surface area contributed by atoms with Gasteiger partial charge in [-0.25, -0.2) is 0 Å². The Kier molecular flexibility index (Phi) is 4.96. The van der Waals surface area contributed by atoms with E-state index in [1.807, 2.05) is 30.5 Å². The van der Waals surface area contributed by atoms with Crippen molar-refractivity contribution in [1.82, 2.24) is 10.3 Å². The van der Waals surface area contributed by atoms with Gasteiger partial charge in [-0.15, -0.1) is 0 Å². The molecule has 1 atom stereocenters. The zero-order valence-corrected chi connectivity index (χ0v) is 16.5. The fourth-order valence-electron chi connectivity index (χ4n) is 3.88. The molecule has 0 radical (unpaired) electrons. The van der Waals surface area contributed by atoms with Crippen LogP contribution in [0.15, 0.2) is 36.5 Å². The minimum absolute atomic E-state index is 0.0506. The molecule has 1 aromatic heterocycles. The Hall–Kier alpha value is -2.99. The molecule has 0 bridgehead atoms. The molecule has 6 nitrogen and oxygen atoms in total. The topological polar surface area (TPSA) is 61.8 Å². The van der Waals surface area contributed by atoms with Crippen molar-refractivity contribution in [2.24, 2.45) is 0 Å². The van der Waals surface area contributed by atoms with Gasteiger partial charge in [0.15, 0.2) is 23.0 Å². The second-order valence-electron chi connectivity index (χ2n) is 6.67. The van der Waals surface area contributed by atoms with E-state index >= 15 is 0 Å². The van der Waals surface area contributed by atoms with Gasteiger partial charge in [0.25, 0.3) is 0 Å². The van der Waals surface area contributed by atoms with Crippen molar-refractivity contribution in [3.63, 3.8) is 0 Å². The number of hydrogen-bond acceptors (Lipinski definition) is 6. The van der Waals surface area contributed by atoms with Gasteiger partial charge in [-0.3, -0.25) is 4.98 Å². The van der Waals surface area contributed by atoms with Crippen LogP contribution in [0.3, 0.4) is 0 Å². The molecular weight excluding hydrogens is 356 g/mol. The molecule has 1 aliphatic rings. The third kappa shape index (κ3) is 2.99. The van der Waals surface area contributed by atoms with E-state index < -0.39 is 0 Å². The second kappa shape index (κ2) is 7.56. The summed E-state index contributed by atoms with van der Waals surface area (Å²) >= 11 is 0. The number of methoxy groups -OCH3 is 4. The van der Waals surface area contributed by atoms with E-state index in [9.17, 15) is 0 Å². The first-order valence-corrected chi connectivity index (χ1v) is 9.19. The summed E-state index contributed by atoms with van der Waals surface area (Å²) in [5.41, 5.74) is 3.34. The molecule has 4 rings (SSSR count). The number of hydrogen-bond donors (Lipinski definition) is 1. The van der Waals surface area contributed by atoms with Crippen LogP contribution in [0.25, 0.3) is 10.8 Å². The maximum Gasteiger partial charge on any atom is 0.161 e. The quantitative estimate of drug-likeness (QED) is 0.731. The predicted octanol–water partition coefficient (Wildman–Crippen LogP) is 3.50. The Morgan fingerprint density at radius 1 is 0.857 bits per heavy atom. The molecule has 1 aliphatic heterocycles. The van der Waals surface area contributed by atoms with Crippen LogP contribution in [-0.4, -0.2) is 40.0 Å². The number of nitrogens with zero attached hydrogens (tertiary/aromatic N) is 1. The van der Waals surface area contributed by atoms with E-state index in [1.54, 1.807) is 28.4 Å². The summed E-state index contributed by atoms with van der Waals surface area (Å²) in [6.45, 7) is 0.860. The molecule has 0 fully saturated rings. The molecule has 2 aromatic carbocycles. The molecular formula is C22H24N2O4. The lowest BCUT2D eigenvalue weighted by atomic mass is 9.89. The van der Waals surface area contributed by atoms with Crippen LogP contribution < -0.4 is 24.3 Å². The Morgan fingerprint density at radius 2 is 1.50 bits per heavy atom. The molecule has 0 saturated heterocycles. The van der Waals surface area contributed by atoms with E-state index in [1.165, 1.54) is 5.56 Å². The van der Waals surface area contributed by atoms with Crippen molar-refractivity contribution < 1.29 is 18.9 Å². The van der Waals surface area contributed by atoms with Crippen LogP contribution in [0.2, 0.25) is 0 Å². The van der Waals surface area contributed by atoms with Crippen LogP contribution in [-0.2, 0) is 6.42 Å². The molecule has 0 spiro atoms. The van der Waals surface area contributed by atoms with E-state index in [0.717, 1.165) is 46.5 Å². The van der Waals surface area contributed by atoms with Crippen LogP contribution >= 0.6 is 0 Å². The summed E-state index contributed by atoms with van der Waals surface area (Å²) in [5.74, 6) is 2.86. The van der Waals surface area contributed by atoms with Gasteiger partial charge in [-0.2, -0.15) is 0 Å². The molecule has 3 aromatic rings. The zero-order valence-electron chi connectivity index (χ0n) is 16.5. The smallest absolute Gasteiger partial charge is 0.161 e. The monoisotopic (exact) mass is 380 g/mol. The average molecular weight is 380 g/mol. The summed E-state index contributed by atoms with van der Waals surface area (Å²) in [4.78, 5) is 4.73. The largest absolute Gasteiger partial charge is 0.493 e. The summed E-state index contributed by atoms with van der Waals surface area (Å²) in [6.07, 6.45) is 2.76. The summed E-state index contributed by atoms with van der Waals surface area (Å²) < 4.78 is 22.0. The van der Waals surface area contributed by atoms with E-state index in [0.29, 0.717) is 11.5 Å². The maximum atomic E-state index is 5.53. The van der Waals surface area contributed by atoms with Gasteiger partial charge in [-0.1, -0.05) is 0 Å². The lowest BCUT2D eigenvalue weighted by Crippen LogP contribution is -2.31. The highest BCUT2D eigenvalue weighted by Gasteiger charge is 2.26. The molecule has 28 heavy (non-hydrogen) atoms. The highest BCUT2D eigenvalue weighted by atomic mass is 16.5. The van der Waals surface area contributed by atoms with Crippen LogP contribution in [0, 0.1) is 0 Å². The van der Waals surface area contributed by atoms with Gasteiger partial charge in [0.1, 0.15) is 0 Å². The fourth-order valence-corrected chi connectivity index (χ4v) is 3.88. The number of pyridine rings is 1. The second-order valence-corrected chi connectivity index (χ2v) is 6.67. The molecule has 1 unspecified atom stereocenters. The van der Waals surface area contributed by atoms with Gasteiger partial charge >= 0.3 is 0 Å². The normalized spacial score (nSPS) is 15.8. The lowest BCUT2D eigenvalue weighted by Gasteiger charge is -2.28. The minimum atomic E-state index is -0.0506. The van der Waals surface area contributed by atoms with E-state index in [-0.39, 0.29) is 6.04 Å². The molecule has 0 saturated carbocycles. The zero-order chi connectivity index (χ0) is 19.7. The Morgan fingerprint density at radius 3 is 2.21 bits per heavy atom. The highest BCUT2D eigenvalue weighted by Crippen LogP contribution is 2.40. The van der Waals surface area contributed by atoms with Gasteiger partial charge < -0.3 is 24.3 Å². The van der Waals surface area contributed by atoms with Crippen LogP contribution in [0.1, 0.15) is 22.9 Å². The number of rotatable bonds is 5. The van der Waals surface area contributed by atoms with E-state index in [2.05, 4.69) is 11.4 Å². The summed E-state index contributed by atoms with van der Waals surface area (Å²) in [7, 11) is 6.60. The van der Waals surface area contributed by atoms with Gasteiger partial charge in [-0.05, 0) is 53.3 Å². The maximum absolute atomic E-state index is 5.53. The van der Waals surface area contributed by atoms with Crippen molar-refractivity contribution in [3.8, 4) is 23.0 Å². The molecule has 6 heteroatoms. The molecule has 2 heterocycles. The Bertz CT molecular complexity index is 1020. The summed E-state index contributed by atoms with van der Waals surface area (Å²) in [6, 6.07) is 10.0. The number of benzene rings is 2. The third-order valence-corrected chi connectivity index (χ3v) is 5.27. The van der Waals surface area contributed by atoms with Crippen molar-refractivity contribution in [2.45, 2.75) is 12.5 Å². The van der Waals surface area contributed by atoms with Crippen LogP contribution in [0.5, 0.6) is 23.0 Å². The first kappa shape index (κ1) is 18.4. The lowest BCUT2D eigenvalue weighted by molar-refractivity contribution is 0.352. The number of fused-ring (bicyclic) bond motifs is 2. The molecule has 0 aliphatic carbocycles. The van der Waals surface area contributed by atoms with Crippen LogP contribution in [0.4, 0.5) is 0 Å². The highest BCUT2D eigenvalue weighted by molar-refractivity contribution is 5.88. The average Bonchev–Trinajstić information content (AvgIpc) is 2.76. The first-order valence-electron chi connectivity index (χ1n) is 9.19. The van der Waals surface area contributed by atoms with Crippen molar-refractivity contribution in [1.29, 1.82) is 0 Å². The molecule has 0 amide bonds. The molecule has 146 valence electrons. The third-order valence-electron chi connectivity index (χ3n) is 5.27. The van der Waals surface area contributed by atoms with Gasteiger partial charge in [0, 0.05) is 18.1 Å². The standard InChI is InChI=1S/C22H24N2O4/c1-25-17-9-13-5-7-23-21(15(13)11-19(17)27-3)22-16-12-20(28-4)18(26-2)10-14(16)6-8-24-22/h5,7,9-12,22,24H,6,8H2,1-4H3. The Labute approximate surface area is 164 Å². The van der Waals surface area contributed by atoms with Crippen molar-refractivity contribution >= 4 is 10.8 Å². The first-order chi connectivity index (χ1) is 13.7. The van der Waals surface area contributed by atoms with Gasteiger partial charge in [0.05, 0.1) is 40.2 Å². The SMILES string of the molecule is COc1cc2c(cc1OC)C(c1nccc3cc(OC)c(OC)cc13)NCC2. The van der Waals surface area contributed by atoms with Gasteiger partial charge in [0.2, 0.25) is 0 Å². The van der Waals surface area contributed by atoms with Crippen molar-refractivity contribution in [3.05, 3.63) is 53.3 Å². The number of aromatic nitrogens is 1. The fraction of sp³-hybridized carbons (Fsp3) is 0.318. The summed E-state index contributed by atoms with van der Waals surface area (Å²) in [5, 5.41) is 5.69. The van der Waals surface area contributed by atoms with Crippen molar-refractivity contribution in [2.75, 3.05) is 35.0 Å². The number of nitrogens with one attached hydrogen (secondary N) is 1. The predicted molar refractivity (Wildman–Crippen MR) is 108 cm³/mol. The molecule has 1 N–H and O–H groups in total. The number of ether oxygens (including phenoxy) is 4.